The molecule has 25 heavy (non-hydrogen) atoms. The summed E-state index contributed by atoms with van der Waals surface area (Å²) in [6.45, 7) is 1.81. The van der Waals surface area contributed by atoms with E-state index < -0.39 is 5.54 Å². The van der Waals surface area contributed by atoms with Crippen LogP contribution in [0.15, 0.2) is 22.7 Å². The fourth-order valence-electron chi connectivity index (χ4n) is 2.95. The van der Waals surface area contributed by atoms with E-state index in [2.05, 4.69) is 26.2 Å². The molecule has 2 saturated carbocycles. The topological polar surface area (TPSA) is 83.6 Å². The van der Waals surface area contributed by atoms with Crippen LogP contribution in [0.1, 0.15) is 38.6 Å². The molecular formula is C17H19N5OS2. The number of aromatic nitrogens is 3. The second-order valence-corrected chi connectivity index (χ2v) is 8.70. The minimum Gasteiger partial charge on any atom is -0.337 e. The van der Waals surface area contributed by atoms with Gasteiger partial charge in [-0.1, -0.05) is 17.8 Å². The molecule has 2 aromatic rings. The van der Waals surface area contributed by atoms with Crippen LogP contribution in [0, 0.1) is 17.2 Å². The van der Waals surface area contributed by atoms with Gasteiger partial charge in [-0.2, -0.15) is 5.26 Å². The third-order valence-corrected chi connectivity index (χ3v) is 6.48. The number of thiophene rings is 1. The highest BCUT2D eigenvalue weighted by atomic mass is 32.2. The van der Waals surface area contributed by atoms with Gasteiger partial charge in [-0.15, -0.1) is 21.5 Å². The summed E-state index contributed by atoms with van der Waals surface area (Å²) in [6, 6.07) is 6.75. The molecule has 0 bridgehead atoms. The molecule has 0 saturated heterocycles. The average molecular weight is 374 g/mol. The third kappa shape index (κ3) is 3.44. The van der Waals surface area contributed by atoms with Crippen molar-refractivity contribution in [2.75, 3.05) is 5.75 Å². The summed E-state index contributed by atoms with van der Waals surface area (Å²) in [5.41, 5.74) is -0.746. The second-order valence-electron chi connectivity index (χ2n) is 6.81. The van der Waals surface area contributed by atoms with Crippen LogP contribution < -0.4 is 5.32 Å². The minimum atomic E-state index is -0.746. The van der Waals surface area contributed by atoms with Crippen molar-refractivity contribution in [1.82, 2.24) is 20.1 Å². The summed E-state index contributed by atoms with van der Waals surface area (Å²) in [5.74, 6) is 1.30. The number of nitrogens with zero attached hydrogens (tertiary/aromatic N) is 4. The molecule has 8 heteroatoms. The minimum absolute atomic E-state index is 0.121. The van der Waals surface area contributed by atoms with Gasteiger partial charge in [0.05, 0.1) is 16.7 Å². The lowest BCUT2D eigenvalue weighted by molar-refractivity contribution is -0.119. The van der Waals surface area contributed by atoms with Crippen LogP contribution in [0.3, 0.4) is 0 Å². The molecule has 0 radical (unpaired) electrons. The molecule has 4 rings (SSSR count). The van der Waals surface area contributed by atoms with Crippen molar-refractivity contribution in [1.29, 1.82) is 5.26 Å². The summed E-state index contributed by atoms with van der Waals surface area (Å²) in [6.07, 6.45) is 4.28. The standard InChI is InChI=1S/C17H19N5OS2/c1-17(10-18,11-4-5-11)19-14(23)9-25-16-21-20-15(13-3-2-8-24-13)22(16)12-6-7-12/h2-3,8,11-12H,4-7,9H2,1H3,(H,19,23). The summed E-state index contributed by atoms with van der Waals surface area (Å²) in [7, 11) is 0. The number of nitriles is 1. The number of carbonyl (C=O) groups is 1. The smallest absolute Gasteiger partial charge is 0.231 e. The first kappa shape index (κ1) is 16.6. The Hall–Kier alpha value is -1.85. The molecule has 1 atom stereocenters. The maximum absolute atomic E-state index is 12.3. The monoisotopic (exact) mass is 373 g/mol. The fourth-order valence-corrected chi connectivity index (χ4v) is 4.46. The van der Waals surface area contributed by atoms with Crippen LogP contribution >= 0.6 is 23.1 Å². The van der Waals surface area contributed by atoms with Crippen molar-refractivity contribution >= 4 is 29.0 Å². The van der Waals surface area contributed by atoms with Crippen LogP contribution in [-0.2, 0) is 4.79 Å². The molecule has 0 aromatic carbocycles. The maximum Gasteiger partial charge on any atom is 0.231 e. The van der Waals surface area contributed by atoms with Crippen molar-refractivity contribution in [3.05, 3.63) is 17.5 Å². The summed E-state index contributed by atoms with van der Waals surface area (Å²) in [5, 5.41) is 23.7. The fraction of sp³-hybridized carbons (Fsp3) is 0.529. The molecule has 0 spiro atoms. The normalized spacial score (nSPS) is 19.2. The van der Waals surface area contributed by atoms with Gasteiger partial charge < -0.3 is 5.32 Å². The number of nitrogens with one attached hydrogen (secondary N) is 1. The van der Waals surface area contributed by atoms with Crippen molar-refractivity contribution in [2.24, 2.45) is 5.92 Å². The van der Waals surface area contributed by atoms with E-state index in [1.165, 1.54) is 11.8 Å². The first-order valence-electron chi connectivity index (χ1n) is 8.44. The van der Waals surface area contributed by atoms with E-state index in [1.54, 1.807) is 11.3 Å². The van der Waals surface area contributed by atoms with Gasteiger partial charge in [0.25, 0.3) is 0 Å². The zero-order valence-corrected chi connectivity index (χ0v) is 15.6. The van der Waals surface area contributed by atoms with Crippen LogP contribution in [0.5, 0.6) is 0 Å². The molecule has 1 N–H and O–H groups in total. The van der Waals surface area contributed by atoms with E-state index in [0.717, 1.165) is 41.5 Å². The quantitative estimate of drug-likeness (QED) is 0.753. The van der Waals surface area contributed by atoms with Crippen molar-refractivity contribution in [2.45, 2.75) is 49.3 Å². The molecule has 0 aliphatic heterocycles. The second kappa shape index (κ2) is 6.46. The number of carbonyl (C=O) groups excluding carboxylic acids is 1. The van der Waals surface area contributed by atoms with Crippen molar-refractivity contribution in [3.8, 4) is 16.8 Å². The van der Waals surface area contributed by atoms with Crippen molar-refractivity contribution < 1.29 is 4.79 Å². The van der Waals surface area contributed by atoms with Crippen LogP contribution in [0.25, 0.3) is 10.7 Å². The number of amides is 1. The Kier molecular flexibility index (Phi) is 4.29. The number of rotatable bonds is 7. The Morgan fingerprint density at radius 1 is 1.48 bits per heavy atom. The van der Waals surface area contributed by atoms with Crippen LogP contribution in [0.2, 0.25) is 0 Å². The number of thioether (sulfide) groups is 1. The zero-order chi connectivity index (χ0) is 17.4. The average Bonchev–Trinajstić information content (AvgIpc) is 3.53. The molecule has 2 aliphatic rings. The van der Waals surface area contributed by atoms with Gasteiger partial charge in [-0.05, 0) is 50.0 Å². The van der Waals surface area contributed by atoms with E-state index >= 15 is 0 Å². The van der Waals surface area contributed by atoms with Gasteiger partial charge in [0, 0.05) is 6.04 Å². The molecule has 2 fully saturated rings. The summed E-state index contributed by atoms with van der Waals surface area (Å²) >= 11 is 3.04. The van der Waals surface area contributed by atoms with E-state index in [4.69, 9.17) is 0 Å². The highest BCUT2D eigenvalue weighted by molar-refractivity contribution is 7.99. The summed E-state index contributed by atoms with van der Waals surface area (Å²) in [4.78, 5) is 13.4. The molecule has 2 aromatic heterocycles. The molecule has 2 aliphatic carbocycles. The lowest BCUT2D eigenvalue weighted by Crippen LogP contribution is -2.47. The lowest BCUT2D eigenvalue weighted by atomic mass is 9.98. The Morgan fingerprint density at radius 3 is 2.88 bits per heavy atom. The zero-order valence-electron chi connectivity index (χ0n) is 13.9. The number of hydrogen-bond acceptors (Lipinski definition) is 6. The van der Waals surface area contributed by atoms with Crippen LogP contribution in [0.4, 0.5) is 0 Å². The third-order valence-electron chi connectivity index (χ3n) is 4.68. The molecule has 2 heterocycles. The highest BCUT2D eigenvalue weighted by Gasteiger charge is 2.43. The highest BCUT2D eigenvalue weighted by Crippen LogP contribution is 2.42. The molecular weight excluding hydrogens is 354 g/mol. The van der Waals surface area contributed by atoms with Gasteiger partial charge in [-0.25, -0.2) is 0 Å². The van der Waals surface area contributed by atoms with Crippen LogP contribution in [-0.4, -0.2) is 32.0 Å². The Bertz CT molecular complexity index is 817. The first-order chi connectivity index (χ1) is 12.1. The SMILES string of the molecule is CC(C#N)(NC(=O)CSc1nnc(-c2cccs2)n1C1CC1)C1CC1. The van der Waals surface area contributed by atoms with E-state index in [0.29, 0.717) is 6.04 Å². The predicted octanol–water partition coefficient (Wildman–Crippen LogP) is 3.24. The maximum atomic E-state index is 12.3. The van der Waals surface area contributed by atoms with Gasteiger partial charge in [0.1, 0.15) is 5.54 Å². The first-order valence-corrected chi connectivity index (χ1v) is 10.3. The Balaban J connectivity index is 1.45. The van der Waals surface area contributed by atoms with Gasteiger partial charge in [0.15, 0.2) is 11.0 Å². The molecule has 6 nitrogen and oxygen atoms in total. The van der Waals surface area contributed by atoms with Gasteiger partial charge in [-0.3, -0.25) is 9.36 Å². The molecule has 1 unspecified atom stereocenters. The van der Waals surface area contributed by atoms with E-state index in [-0.39, 0.29) is 17.6 Å². The van der Waals surface area contributed by atoms with E-state index in [9.17, 15) is 10.1 Å². The largest absolute Gasteiger partial charge is 0.337 e. The Morgan fingerprint density at radius 2 is 2.28 bits per heavy atom. The van der Waals surface area contributed by atoms with Gasteiger partial charge >= 0.3 is 0 Å². The molecule has 130 valence electrons. The lowest BCUT2D eigenvalue weighted by Gasteiger charge is -2.22. The Labute approximate surface area is 154 Å². The predicted molar refractivity (Wildman–Crippen MR) is 97.2 cm³/mol. The van der Waals surface area contributed by atoms with Gasteiger partial charge in [0.2, 0.25) is 5.91 Å². The molecule has 1 amide bonds. The number of hydrogen-bond donors (Lipinski definition) is 1. The summed E-state index contributed by atoms with van der Waals surface area (Å²) < 4.78 is 2.16. The van der Waals surface area contributed by atoms with E-state index in [1.807, 2.05) is 24.4 Å². The van der Waals surface area contributed by atoms with Crippen molar-refractivity contribution in [3.63, 3.8) is 0 Å².